The van der Waals surface area contributed by atoms with Crippen LogP contribution < -0.4 is 4.90 Å². The smallest absolute Gasteiger partial charge is 0.159 e. The monoisotopic (exact) mass is 844 g/mol. The summed E-state index contributed by atoms with van der Waals surface area (Å²) in [6.07, 6.45) is 0. The quantitative estimate of drug-likeness (QED) is 0.159. The van der Waals surface area contributed by atoms with Gasteiger partial charge in [0.05, 0.1) is 16.7 Å². The SMILES string of the molecule is CC1(C)c2cc(-c3ccc4c(c3)c3ccccc3n4-c3cccc4c3oc3ccccc34)ccc2-c2ccc(N(c3ccc(-c4ccccc4)cc3)c3ccc(-c4ccccc4)cc3)cc21. The molecule has 12 aromatic rings. The lowest BCUT2D eigenvalue weighted by molar-refractivity contribution is 0.660. The van der Waals surface area contributed by atoms with Crippen molar-refractivity contribution in [2.75, 3.05) is 4.90 Å². The van der Waals surface area contributed by atoms with Gasteiger partial charge >= 0.3 is 0 Å². The second kappa shape index (κ2) is 14.8. The molecule has 1 aliphatic rings. The summed E-state index contributed by atoms with van der Waals surface area (Å²) in [4.78, 5) is 2.40. The molecule has 3 heteroatoms. The molecule has 0 bridgehead atoms. The summed E-state index contributed by atoms with van der Waals surface area (Å²) in [6.45, 7) is 4.77. The van der Waals surface area contributed by atoms with E-state index in [9.17, 15) is 0 Å². The van der Waals surface area contributed by atoms with Crippen molar-refractivity contribution in [3.05, 3.63) is 242 Å². The molecule has 0 aliphatic heterocycles. The van der Waals surface area contributed by atoms with Crippen molar-refractivity contribution in [1.82, 2.24) is 4.57 Å². The molecule has 66 heavy (non-hydrogen) atoms. The highest BCUT2D eigenvalue weighted by atomic mass is 16.3. The van der Waals surface area contributed by atoms with E-state index in [-0.39, 0.29) is 5.41 Å². The van der Waals surface area contributed by atoms with Crippen LogP contribution in [0.15, 0.2) is 235 Å². The molecule has 0 amide bonds. The number of benzene rings is 10. The molecular weight excluding hydrogens is 801 g/mol. The van der Waals surface area contributed by atoms with E-state index >= 15 is 0 Å². The minimum absolute atomic E-state index is 0.234. The van der Waals surface area contributed by atoms with E-state index in [1.54, 1.807) is 0 Å². The highest BCUT2D eigenvalue weighted by molar-refractivity contribution is 6.13. The molecule has 0 atom stereocenters. The molecule has 10 aromatic carbocycles. The third-order valence-electron chi connectivity index (χ3n) is 14.0. The highest BCUT2D eigenvalue weighted by Crippen LogP contribution is 2.52. The van der Waals surface area contributed by atoms with Gasteiger partial charge in [-0.3, -0.25) is 0 Å². The predicted octanol–water partition coefficient (Wildman–Crippen LogP) is 17.5. The Morgan fingerprint density at radius 3 is 1.56 bits per heavy atom. The molecule has 13 rings (SSSR count). The van der Waals surface area contributed by atoms with Crippen LogP contribution in [0.3, 0.4) is 0 Å². The molecule has 2 heterocycles. The summed E-state index contributed by atoms with van der Waals surface area (Å²) in [6, 6.07) is 83.8. The number of hydrogen-bond acceptors (Lipinski definition) is 2. The van der Waals surface area contributed by atoms with Gasteiger partial charge in [0.25, 0.3) is 0 Å². The largest absolute Gasteiger partial charge is 0.454 e. The van der Waals surface area contributed by atoms with Gasteiger partial charge < -0.3 is 13.9 Å². The molecular formula is C63H44N2O. The van der Waals surface area contributed by atoms with Crippen LogP contribution >= 0.6 is 0 Å². The number of fused-ring (bicyclic) bond motifs is 9. The first-order chi connectivity index (χ1) is 32.5. The second-order valence-electron chi connectivity index (χ2n) is 18.1. The Hall–Kier alpha value is -8.40. The molecule has 1 aliphatic carbocycles. The predicted molar refractivity (Wildman–Crippen MR) is 277 cm³/mol. The average Bonchev–Trinajstić information content (AvgIpc) is 4.00. The fraction of sp³-hybridized carbons (Fsp3) is 0.0476. The zero-order chi connectivity index (χ0) is 43.9. The first-order valence-electron chi connectivity index (χ1n) is 22.8. The van der Waals surface area contributed by atoms with Crippen molar-refractivity contribution in [2.24, 2.45) is 0 Å². The van der Waals surface area contributed by atoms with E-state index in [0.29, 0.717) is 0 Å². The first kappa shape index (κ1) is 38.1. The number of anilines is 3. The molecule has 3 nitrogen and oxygen atoms in total. The maximum absolute atomic E-state index is 6.57. The summed E-state index contributed by atoms with van der Waals surface area (Å²) in [7, 11) is 0. The summed E-state index contributed by atoms with van der Waals surface area (Å²) in [5, 5.41) is 4.70. The van der Waals surface area contributed by atoms with E-state index in [1.807, 2.05) is 6.07 Å². The number of para-hydroxylation sites is 3. The third-order valence-corrected chi connectivity index (χ3v) is 14.0. The Balaban J connectivity index is 0.888. The zero-order valence-corrected chi connectivity index (χ0v) is 36.7. The van der Waals surface area contributed by atoms with Crippen LogP contribution in [0.4, 0.5) is 17.1 Å². The van der Waals surface area contributed by atoms with Gasteiger partial charge in [-0.15, -0.1) is 0 Å². The third kappa shape index (κ3) is 5.97. The number of furan rings is 1. The van der Waals surface area contributed by atoms with Crippen molar-refractivity contribution in [3.63, 3.8) is 0 Å². The van der Waals surface area contributed by atoms with Crippen molar-refractivity contribution in [1.29, 1.82) is 0 Å². The van der Waals surface area contributed by atoms with Gasteiger partial charge in [-0.2, -0.15) is 0 Å². The Morgan fingerprint density at radius 1 is 0.364 bits per heavy atom. The van der Waals surface area contributed by atoms with Gasteiger partial charge in [0.1, 0.15) is 5.58 Å². The summed E-state index contributed by atoms with van der Waals surface area (Å²) < 4.78 is 8.94. The zero-order valence-electron chi connectivity index (χ0n) is 36.7. The molecule has 0 saturated heterocycles. The second-order valence-corrected chi connectivity index (χ2v) is 18.1. The average molecular weight is 845 g/mol. The van der Waals surface area contributed by atoms with Crippen LogP contribution in [-0.4, -0.2) is 4.57 Å². The molecule has 0 N–H and O–H groups in total. The molecule has 0 saturated carbocycles. The fourth-order valence-electron chi connectivity index (χ4n) is 10.7. The van der Waals surface area contributed by atoms with Crippen molar-refractivity contribution in [2.45, 2.75) is 19.3 Å². The Labute approximate surface area is 384 Å². The van der Waals surface area contributed by atoms with E-state index in [1.165, 1.54) is 66.4 Å². The molecule has 0 spiro atoms. The molecule has 0 radical (unpaired) electrons. The number of hydrogen-bond donors (Lipinski definition) is 0. The van der Waals surface area contributed by atoms with Crippen molar-refractivity contribution in [3.8, 4) is 50.2 Å². The summed E-state index contributed by atoms with van der Waals surface area (Å²) >= 11 is 0. The lowest BCUT2D eigenvalue weighted by Crippen LogP contribution is -2.16. The van der Waals surface area contributed by atoms with Crippen LogP contribution in [0.25, 0.3) is 93.9 Å². The van der Waals surface area contributed by atoms with E-state index < -0.39 is 0 Å². The normalized spacial score (nSPS) is 12.8. The van der Waals surface area contributed by atoms with Crippen molar-refractivity contribution >= 4 is 60.8 Å². The lowest BCUT2D eigenvalue weighted by Gasteiger charge is -2.28. The Kier molecular flexibility index (Phi) is 8.56. The topological polar surface area (TPSA) is 21.3 Å². The van der Waals surface area contributed by atoms with E-state index in [0.717, 1.165) is 55.7 Å². The van der Waals surface area contributed by atoms with Crippen LogP contribution in [0.5, 0.6) is 0 Å². The number of nitrogens with zero attached hydrogens (tertiary/aromatic N) is 2. The first-order valence-corrected chi connectivity index (χ1v) is 22.8. The van der Waals surface area contributed by atoms with Crippen LogP contribution in [0, 0.1) is 0 Å². The maximum Gasteiger partial charge on any atom is 0.159 e. The van der Waals surface area contributed by atoms with Gasteiger partial charge in [-0.1, -0.05) is 172 Å². The maximum atomic E-state index is 6.57. The van der Waals surface area contributed by atoms with Crippen molar-refractivity contribution < 1.29 is 4.42 Å². The van der Waals surface area contributed by atoms with Gasteiger partial charge in [-0.05, 0) is 128 Å². The summed E-state index contributed by atoms with van der Waals surface area (Å²) in [5.74, 6) is 0. The van der Waals surface area contributed by atoms with Gasteiger partial charge in [-0.25, -0.2) is 0 Å². The minimum Gasteiger partial charge on any atom is -0.454 e. The highest BCUT2D eigenvalue weighted by Gasteiger charge is 2.36. The molecule has 2 aromatic heterocycles. The molecule has 0 fully saturated rings. The number of aromatic nitrogens is 1. The lowest BCUT2D eigenvalue weighted by atomic mass is 9.81. The molecule has 0 unspecified atom stereocenters. The Morgan fingerprint density at radius 2 is 0.864 bits per heavy atom. The Bertz CT molecular complexity index is 3740. The van der Waals surface area contributed by atoms with E-state index in [2.05, 4.69) is 248 Å². The van der Waals surface area contributed by atoms with Gasteiger partial charge in [0.2, 0.25) is 0 Å². The number of rotatable bonds is 7. The van der Waals surface area contributed by atoms with Crippen LogP contribution in [0.2, 0.25) is 0 Å². The molecule has 312 valence electrons. The standard InChI is InChI=1S/C63H44N2O/c1-63(2)56-39-46(45-29-37-59-55(38-45)52-18-9-11-21-58(52)65(59)60-22-13-20-54-53-19-10-12-23-61(53)66-62(54)60)28-35-50(56)51-36-34-49(40-57(51)63)64(47-30-24-43(25-31-47)41-14-5-3-6-15-41)48-32-26-44(27-33-48)42-16-7-4-8-17-42/h3-40H,1-2H3. The minimum atomic E-state index is -0.234. The van der Waals surface area contributed by atoms with Crippen LogP contribution in [-0.2, 0) is 5.41 Å². The summed E-state index contributed by atoms with van der Waals surface area (Å²) in [5.41, 5.74) is 20.8. The van der Waals surface area contributed by atoms with Crippen LogP contribution in [0.1, 0.15) is 25.0 Å². The van der Waals surface area contributed by atoms with E-state index in [4.69, 9.17) is 4.42 Å². The fourth-order valence-corrected chi connectivity index (χ4v) is 10.7. The van der Waals surface area contributed by atoms with Gasteiger partial charge in [0.15, 0.2) is 5.58 Å². The van der Waals surface area contributed by atoms with Gasteiger partial charge in [0, 0.05) is 44.0 Å².